The van der Waals surface area contributed by atoms with Gasteiger partial charge in [0.15, 0.2) is 5.96 Å². The number of ether oxygens (including phenoxy) is 1. The Hall–Kier alpha value is -2.21. The maximum absolute atomic E-state index is 12.1. The maximum atomic E-state index is 12.1. The lowest BCUT2D eigenvalue weighted by Crippen LogP contribution is -2.38. The van der Waals surface area contributed by atoms with E-state index in [0.29, 0.717) is 41.7 Å². The van der Waals surface area contributed by atoms with Gasteiger partial charge in [-0.2, -0.15) is 0 Å². The molecule has 0 aliphatic carbocycles. The highest BCUT2D eigenvalue weighted by atomic mass is 127. The summed E-state index contributed by atoms with van der Waals surface area (Å²) in [4.78, 5) is 33.6. The van der Waals surface area contributed by atoms with Crippen molar-refractivity contribution in [2.45, 2.75) is 40.2 Å². The van der Waals surface area contributed by atoms with E-state index in [4.69, 9.17) is 4.74 Å². The van der Waals surface area contributed by atoms with Gasteiger partial charge in [-0.25, -0.2) is 9.78 Å². The number of aryl methyl sites for hydroxylation is 1. The van der Waals surface area contributed by atoms with Gasteiger partial charge in [-0.3, -0.25) is 9.79 Å². The molecule has 0 saturated carbocycles. The highest BCUT2D eigenvalue weighted by molar-refractivity contribution is 14.0. The van der Waals surface area contributed by atoms with Crippen molar-refractivity contribution in [3.05, 3.63) is 51.0 Å². The molecule has 0 aliphatic heterocycles. The van der Waals surface area contributed by atoms with Gasteiger partial charge in [-0.15, -0.1) is 35.3 Å². The summed E-state index contributed by atoms with van der Waals surface area (Å²) in [6.07, 6.45) is 0.707. The molecule has 2 rings (SSSR count). The molecule has 0 aliphatic rings. The van der Waals surface area contributed by atoms with E-state index in [1.807, 2.05) is 39.0 Å². The molecular weight excluding hydrogens is 541 g/mol. The third-order valence-corrected chi connectivity index (χ3v) is 5.75. The van der Waals surface area contributed by atoms with Gasteiger partial charge in [0, 0.05) is 25.7 Å². The molecule has 0 spiro atoms. The van der Waals surface area contributed by atoms with Crippen LogP contribution >= 0.6 is 35.3 Å². The third-order valence-electron chi connectivity index (χ3n) is 4.43. The van der Waals surface area contributed by atoms with Gasteiger partial charge in [0.05, 0.1) is 18.3 Å². The van der Waals surface area contributed by atoms with Crippen molar-refractivity contribution >= 4 is 53.1 Å². The number of benzene rings is 1. The minimum absolute atomic E-state index is 0. The molecule has 0 bridgehead atoms. The summed E-state index contributed by atoms with van der Waals surface area (Å²) in [6, 6.07) is 7.41. The van der Waals surface area contributed by atoms with E-state index in [1.165, 1.54) is 11.3 Å². The predicted molar refractivity (Wildman–Crippen MR) is 139 cm³/mol. The summed E-state index contributed by atoms with van der Waals surface area (Å²) >= 11 is 1.33. The van der Waals surface area contributed by atoms with E-state index in [1.54, 1.807) is 20.0 Å². The summed E-state index contributed by atoms with van der Waals surface area (Å²) < 4.78 is 5.10. The highest BCUT2D eigenvalue weighted by Gasteiger charge is 2.20. The van der Waals surface area contributed by atoms with Gasteiger partial charge < -0.3 is 20.7 Å². The van der Waals surface area contributed by atoms with Crippen molar-refractivity contribution < 1.29 is 14.3 Å². The molecule has 1 aromatic carbocycles. The number of carbonyl (C=O) groups is 2. The lowest BCUT2D eigenvalue weighted by Gasteiger charge is -2.16. The Kier molecular flexibility index (Phi) is 12.2. The number of halogens is 1. The summed E-state index contributed by atoms with van der Waals surface area (Å²) in [5.74, 6) is 0.230. The zero-order chi connectivity index (χ0) is 22.8. The van der Waals surface area contributed by atoms with E-state index >= 15 is 0 Å². The van der Waals surface area contributed by atoms with E-state index in [0.717, 1.165) is 17.1 Å². The number of carbonyl (C=O) groups excluding carboxylic acids is 2. The number of amides is 1. The van der Waals surface area contributed by atoms with Crippen LogP contribution in [0.4, 0.5) is 0 Å². The SMILES string of the molecule is CCNC(=NCCc1cccc(C(=O)NC)c1)NC(C)c1nc(C)c(C(=O)OCC)s1.I. The van der Waals surface area contributed by atoms with Crippen molar-refractivity contribution in [3.8, 4) is 0 Å². The lowest BCUT2D eigenvalue weighted by molar-refractivity contribution is 0.0531. The van der Waals surface area contributed by atoms with Crippen LogP contribution in [-0.4, -0.2) is 49.6 Å². The van der Waals surface area contributed by atoms with Crippen LogP contribution in [0.1, 0.15) is 63.1 Å². The fourth-order valence-electron chi connectivity index (χ4n) is 2.88. The van der Waals surface area contributed by atoms with E-state index in [9.17, 15) is 9.59 Å². The van der Waals surface area contributed by atoms with Crippen LogP contribution in [-0.2, 0) is 11.2 Å². The molecule has 0 fully saturated rings. The first-order valence-corrected chi connectivity index (χ1v) is 11.2. The first kappa shape index (κ1) is 27.8. The summed E-state index contributed by atoms with van der Waals surface area (Å²) in [5, 5.41) is 10.0. The molecule has 3 N–H and O–H groups in total. The molecule has 10 heteroatoms. The van der Waals surface area contributed by atoms with Crippen LogP contribution in [0.2, 0.25) is 0 Å². The molecule has 1 heterocycles. The molecule has 0 radical (unpaired) electrons. The number of nitrogens with one attached hydrogen (secondary N) is 3. The quantitative estimate of drug-likeness (QED) is 0.184. The number of hydrogen-bond acceptors (Lipinski definition) is 6. The zero-order valence-corrected chi connectivity index (χ0v) is 22.3. The molecule has 176 valence electrons. The number of esters is 1. The van der Waals surface area contributed by atoms with Crippen molar-refractivity contribution in [1.29, 1.82) is 0 Å². The molecule has 32 heavy (non-hydrogen) atoms. The molecule has 2 aromatic rings. The average molecular weight is 574 g/mol. The number of thiazole rings is 1. The Labute approximate surface area is 210 Å². The number of rotatable bonds is 9. The van der Waals surface area contributed by atoms with Crippen LogP contribution in [0.15, 0.2) is 29.3 Å². The van der Waals surface area contributed by atoms with Crippen LogP contribution in [0.3, 0.4) is 0 Å². The number of guanidine groups is 1. The molecule has 1 amide bonds. The summed E-state index contributed by atoms with van der Waals surface area (Å²) in [6.45, 7) is 9.19. The van der Waals surface area contributed by atoms with Gasteiger partial charge >= 0.3 is 5.97 Å². The second-order valence-corrected chi connectivity index (χ2v) is 7.87. The molecule has 1 atom stereocenters. The summed E-state index contributed by atoms with van der Waals surface area (Å²) in [7, 11) is 1.62. The second kappa shape index (κ2) is 14.0. The fraction of sp³-hybridized carbons (Fsp3) is 0.455. The summed E-state index contributed by atoms with van der Waals surface area (Å²) in [5.41, 5.74) is 2.35. The smallest absolute Gasteiger partial charge is 0.350 e. The Bertz CT molecular complexity index is 932. The van der Waals surface area contributed by atoms with Crippen molar-refractivity contribution in [1.82, 2.24) is 20.9 Å². The maximum Gasteiger partial charge on any atom is 0.350 e. The van der Waals surface area contributed by atoms with Crippen molar-refractivity contribution in [3.63, 3.8) is 0 Å². The minimum Gasteiger partial charge on any atom is -0.462 e. The molecular formula is C22H32IN5O3S. The second-order valence-electron chi connectivity index (χ2n) is 6.84. The molecule has 0 saturated heterocycles. The minimum atomic E-state index is -0.337. The van der Waals surface area contributed by atoms with Crippen LogP contribution in [0.5, 0.6) is 0 Å². The fourth-order valence-corrected chi connectivity index (χ4v) is 3.85. The first-order chi connectivity index (χ1) is 14.9. The third kappa shape index (κ3) is 8.05. The Morgan fingerprint density at radius 3 is 2.69 bits per heavy atom. The first-order valence-electron chi connectivity index (χ1n) is 10.4. The number of aromatic nitrogens is 1. The van der Waals surface area contributed by atoms with Crippen molar-refractivity contribution in [2.75, 3.05) is 26.7 Å². The van der Waals surface area contributed by atoms with Gasteiger partial charge in [-0.1, -0.05) is 12.1 Å². The van der Waals surface area contributed by atoms with Gasteiger partial charge in [0.1, 0.15) is 9.88 Å². The van der Waals surface area contributed by atoms with E-state index in [-0.39, 0.29) is 41.9 Å². The lowest BCUT2D eigenvalue weighted by atomic mass is 10.1. The Morgan fingerprint density at radius 1 is 1.28 bits per heavy atom. The highest BCUT2D eigenvalue weighted by Crippen LogP contribution is 2.24. The molecule has 8 nitrogen and oxygen atoms in total. The number of nitrogens with zero attached hydrogens (tertiary/aromatic N) is 2. The standard InChI is InChI=1S/C22H31N5O3S.HI/c1-6-24-22(25-12-11-16-9-8-10-17(13-16)19(28)23-5)27-15(4)20-26-14(3)18(31-20)21(29)30-7-2;/h8-10,13,15H,6-7,11-12H2,1-5H3,(H,23,28)(H2,24,25,27);1H. The predicted octanol–water partition coefficient (Wildman–Crippen LogP) is 3.46. The van der Waals surface area contributed by atoms with Crippen LogP contribution in [0, 0.1) is 6.92 Å². The normalized spacial score (nSPS) is 11.8. The van der Waals surface area contributed by atoms with Gasteiger partial charge in [-0.05, 0) is 51.8 Å². The van der Waals surface area contributed by atoms with E-state index < -0.39 is 0 Å². The monoisotopic (exact) mass is 573 g/mol. The molecule has 1 unspecified atom stereocenters. The topological polar surface area (TPSA) is 105 Å². The Balaban J connectivity index is 0.00000512. The van der Waals surface area contributed by atoms with Gasteiger partial charge in [0.25, 0.3) is 5.91 Å². The van der Waals surface area contributed by atoms with Crippen molar-refractivity contribution in [2.24, 2.45) is 4.99 Å². The van der Waals surface area contributed by atoms with Crippen LogP contribution in [0.25, 0.3) is 0 Å². The average Bonchev–Trinajstić information content (AvgIpc) is 3.15. The molecule has 1 aromatic heterocycles. The zero-order valence-electron chi connectivity index (χ0n) is 19.2. The van der Waals surface area contributed by atoms with Crippen LogP contribution < -0.4 is 16.0 Å². The van der Waals surface area contributed by atoms with E-state index in [2.05, 4.69) is 25.9 Å². The Morgan fingerprint density at radius 2 is 2.03 bits per heavy atom. The number of hydrogen-bond donors (Lipinski definition) is 3. The van der Waals surface area contributed by atoms with Gasteiger partial charge in [0.2, 0.25) is 0 Å². The number of aliphatic imine (C=N–C) groups is 1. The largest absolute Gasteiger partial charge is 0.462 e.